The molecule has 4 rings (SSSR count). The molecule has 0 aromatic heterocycles. The lowest BCUT2D eigenvalue weighted by Gasteiger charge is -2.38. The molecule has 1 unspecified atom stereocenters. The molecular formula is C24H22ClNO3. The molecule has 0 radical (unpaired) electrons. The van der Waals surface area contributed by atoms with E-state index in [2.05, 4.69) is 12.1 Å². The van der Waals surface area contributed by atoms with Crippen LogP contribution in [0.2, 0.25) is 5.02 Å². The molecule has 0 spiro atoms. The standard InChI is InChI=1S/C24H22ClNO3/c1-28-20-13-18(14-21(15-20)29-2)24(27)26-12-11-16-5-3-4-6-22(16)23(26)17-7-9-19(25)10-8-17/h3-10,13-15,23H,11-12H2,1-2H3. The molecule has 0 aliphatic carbocycles. The van der Waals surface area contributed by atoms with E-state index in [9.17, 15) is 4.79 Å². The van der Waals surface area contributed by atoms with Gasteiger partial charge < -0.3 is 14.4 Å². The number of methoxy groups -OCH3 is 2. The Balaban J connectivity index is 1.79. The van der Waals surface area contributed by atoms with Gasteiger partial charge in [-0.1, -0.05) is 48.0 Å². The zero-order chi connectivity index (χ0) is 20.4. The molecule has 1 atom stereocenters. The van der Waals surface area contributed by atoms with E-state index < -0.39 is 0 Å². The molecule has 0 bridgehead atoms. The SMILES string of the molecule is COc1cc(OC)cc(C(=O)N2CCc3ccccc3C2c2ccc(Cl)cc2)c1. The molecule has 3 aromatic carbocycles. The molecule has 1 amide bonds. The summed E-state index contributed by atoms with van der Waals surface area (Å²) in [6.07, 6.45) is 0.813. The van der Waals surface area contributed by atoms with Crippen molar-refractivity contribution >= 4 is 17.5 Å². The van der Waals surface area contributed by atoms with Crippen molar-refractivity contribution < 1.29 is 14.3 Å². The van der Waals surface area contributed by atoms with Crippen molar-refractivity contribution in [2.75, 3.05) is 20.8 Å². The number of ether oxygens (including phenoxy) is 2. The van der Waals surface area contributed by atoms with Crippen LogP contribution < -0.4 is 9.47 Å². The number of carbonyl (C=O) groups excluding carboxylic acids is 1. The molecule has 1 aliphatic heterocycles. The molecule has 1 aliphatic rings. The van der Waals surface area contributed by atoms with E-state index in [0.717, 1.165) is 17.5 Å². The fraction of sp³-hybridized carbons (Fsp3) is 0.208. The maximum Gasteiger partial charge on any atom is 0.254 e. The van der Waals surface area contributed by atoms with E-state index in [1.807, 2.05) is 41.3 Å². The number of rotatable bonds is 4. The molecule has 29 heavy (non-hydrogen) atoms. The molecule has 0 N–H and O–H groups in total. The highest BCUT2D eigenvalue weighted by atomic mass is 35.5. The number of benzene rings is 3. The smallest absolute Gasteiger partial charge is 0.254 e. The second-order valence-corrected chi connectivity index (χ2v) is 7.44. The number of amides is 1. The fourth-order valence-corrected chi connectivity index (χ4v) is 4.01. The van der Waals surface area contributed by atoms with Crippen LogP contribution in [0, 0.1) is 0 Å². The molecule has 0 saturated heterocycles. The summed E-state index contributed by atoms with van der Waals surface area (Å²) in [4.78, 5) is 15.5. The van der Waals surface area contributed by atoms with Gasteiger partial charge in [0.05, 0.1) is 20.3 Å². The molecule has 148 valence electrons. The number of carbonyl (C=O) groups is 1. The van der Waals surface area contributed by atoms with Crippen molar-refractivity contribution in [1.82, 2.24) is 4.90 Å². The minimum absolute atomic E-state index is 0.0587. The molecule has 0 fully saturated rings. The van der Waals surface area contributed by atoms with E-state index in [-0.39, 0.29) is 11.9 Å². The Kier molecular flexibility index (Phi) is 5.45. The normalized spacial score (nSPS) is 15.6. The van der Waals surface area contributed by atoms with Gasteiger partial charge in [-0.15, -0.1) is 0 Å². The van der Waals surface area contributed by atoms with Gasteiger partial charge in [0.1, 0.15) is 11.5 Å². The second kappa shape index (κ2) is 8.18. The lowest BCUT2D eigenvalue weighted by molar-refractivity contribution is 0.0694. The topological polar surface area (TPSA) is 38.8 Å². The fourth-order valence-electron chi connectivity index (χ4n) is 3.89. The van der Waals surface area contributed by atoms with Crippen molar-refractivity contribution in [3.05, 3.63) is 94.0 Å². The molecule has 5 heteroatoms. The number of halogens is 1. The van der Waals surface area contributed by atoms with Gasteiger partial charge in [0, 0.05) is 23.2 Å². The zero-order valence-electron chi connectivity index (χ0n) is 16.4. The van der Waals surface area contributed by atoms with Gasteiger partial charge in [0.25, 0.3) is 5.91 Å². The van der Waals surface area contributed by atoms with Crippen LogP contribution in [0.1, 0.15) is 33.1 Å². The highest BCUT2D eigenvalue weighted by Gasteiger charge is 2.32. The molecule has 3 aromatic rings. The first-order valence-electron chi connectivity index (χ1n) is 9.48. The molecule has 1 heterocycles. The Labute approximate surface area is 175 Å². The average molecular weight is 408 g/mol. The van der Waals surface area contributed by atoms with E-state index in [1.165, 1.54) is 5.56 Å². The minimum atomic E-state index is -0.179. The van der Waals surface area contributed by atoms with Crippen LogP contribution in [0.25, 0.3) is 0 Å². The highest BCUT2D eigenvalue weighted by molar-refractivity contribution is 6.30. The van der Waals surface area contributed by atoms with Crippen molar-refractivity contribution in [2.45, 2.75) is 12.5 Å². The molecule has 0 saturated carbocycles. The first-order chi connectivity index (χ1) is 14.1. The quantitative estimate of drug-likeness (QED) is 0.600. The van der Waals surface area contributed by atoms with E-state index in [0.29, 0.717) is 28.6 Å². The molecule has 4 nitrogen and oxygen atoms in total. The van der Waals surface area contributed by atoms with Crippen molar-refractivity contribution in [3.8, 4) is 11.5 Å². The monoisotopic (exact) mass is 407 g/mol. The maximum absolute atomic E-state index is 13.6. The minimum Gasteiger partial charge on any atom is -0.497 e. The summed E-state index contributed by atoms with van der Waals surface area (Å²) in [5.74, 6) is 1.12. The summed E-state index contributed by atoms with van der Waals surface area (Å²) in [5.41, 5.74) is 3.98. The van der Waals surface area contributed by atoms with Gasteiger partial charge in [0.2, 0.25) is 0 Å². The predicted octanol–water partition coefficient (Wildman–Crippen LogP) is 5.15. The van der Waals surface area contributed by atoms with Crippen molar-refractivity contribution in [1.29, 1.82) is 0 Å². The number of fused-ring (bicyclic) bond motifs is 1. The summed E-state index contributed by atoms with van der Waals surface area (Å²) in [6.45, 7) is 0.628. The Morgan fingerprint density at radius 3 is 2.28 bits per heavy atom. The van der Waals surface area contributed by atoms with Crippen LogP contribution >= 0.6 is 11.6 Å². The van der Waals surface area contributed by atoms with Gasteiger partial charge in [-0.2, -0.15) is 0 Å². The van der Waals surface area contributed by atoms with E-state index in [1.54, 1.807) is 32.4 Å². The van der Waals surface area contributed by atoms with Gasteiger partial charge in [-0.3, -0.25) is 4.79 Å². The Hall–Kier alpha value is -2.98. The number of hydrogen-bond donors (Lipinski definition) is 0. The van der Waals surface area contributed by atoms with Crippen LogP contribution in [0.15, 0.2) is 66.7 Å². The predicted molar refractivity (Wildman–Crippen MR) is 114 cm³/mol. The molecular weight excluding hydrogens is 386 g/mol. The highest BCUT2D eigenvalue weighted by Crippen LogP contribution is 2.37. The summed E-state index contributed by atoms with van der Waals surface area (Å²) in [6, 6.07) is 21.1. The third-order valence-electron chi connectivity index (χ3n) is 5.33. The Morgan fingerprint density at radius 1 is 0.966 bits per heavy atom. The lowest BCUT2D eigenvalue weighted by atomic mass is 9.87. The van der Waals surface area contributed by atoms with Gasteiger partial charge in [0.15, 0.2) is 0 Å². The number of nitrogens with zero attached hydrogens (tertiary/aromatic N) is 1. The lowest BCUT2D eigenvalue weighted by Crippen LogP contribution is -2.40. The van der Waals surface area contributed by atoms with Crippen LogP contribution in [0.4, 0.5) is 0 Å². The summed E-state index contributed by atoms with van der Waals surface area (Å²) in [7, 11) is 3.16. The zero-order valence-corrected chi connectivity index (χ0v) is 17.1. The van der Waals surface area contributed by atoms with Crippen molar-refractivity contribution in [3.63, 3.8) is 0 Å². The van der Waals surface area contributed by atoms with Crippen LogP contribution in [0.5, 0.6) is 11.5 Å². The summed E-state index contributed by atoms with van der Waals surface area (Å²) < 4.78 is 10.7. The van der Waals surface area contributed by atoms with E-state index in [4.69, 9.17) is 21.1 Å². The number of hydrogen-bond acceptors (Lipinski definition) is 3. The van der Waals surface area contributed by atoms with Crippen molar-refractivity contribution in [2.24, 2.45) is 0 Å². The maximum atomic E-state index is 13.6. The summed E-state index contributed by atoms with van der Waals surface area (Å²) >= 11 is 6.10. The van der Waals surface area contributed by atoms with Gasteiger partial charge in [-0.25, -0.2) is 0 Å². The Morgan fingerprint density at radius 2 is 1.62 bits per heavy atom. The van der Waals surface area contributed by atoms with Crippen LogP contribution in [-0.2, 0) is 6.42 Å². The first kappa shape index (κ1) is 19.3. The third-order valence-corrected chi connectivity index (χ3v) is 5.58. The Bertz CT molecular complexity index is 1010. The van der Waals surface area contributed by atoms with Gasteiger partial charge >= 0.3 is 0 Å². The largest absolute Gasteiger partial charge is 0.497 e. The summed E-state index contributed by atoms with van der Waals surface area (Å²) in [5, 5.41) is 0.674. The first-order valence-corrected chi connectivity index (χ1v) is 9.86. The van der Waals surface area contributed by atoms with Gasteiger partial charge in [-0.05, 0) is 47.4 Å². The second-order valence-electron chi connectivity index (χ2n) is 7.00. The van der Waals surface area contributed by atoms with Crippen LogP contribution in [-0.4, -0.2) is 31.6 Å². The third kappa shape index (κ3) is 3.81. The van der Waals surface area contributed by atoms with E-state index >= 15 is 0 Å². The van der Waals surface area contributed by atoms with Crippen LogP contribution in [0.3, 0.4) is 0 Å². The average Bonchev–Trinajstić information content (AvgIpc) is 2.78.